The van der Waals surface area contributed by atoms with Crippen LogP contribution in [0.4, 0.5) is 0 Å². The molecule has 29 heavy (non-hydrogen) atoms. The van der Waals surface area contributed by atoms with Crippen LogP contribution in [0.2, 0.25) is 0 Å². The summed E-state index contributed by atoms with van der Waals surface area (Å²) in [6.07, 6.45) is 2.16. The van der Waals surface area contributed by atoms with Gasteiger partial charge in [0.15, 0.2) is 5.89 Å². The van der Waals surface area contributed by atoms with E-state index in [1.54, 1.807) is 4.90 Å². The van der Waals surface area contributed by atoms with Gasteiger partial charge in [-0.15, -0.1) is 0 Å². The zero-order valence-electron chi connectivity index (χ0n) is 15.7. The molecule has 0 radical (unpaired) electrons. The van der Waals surface area contributed by atoms with Gasteiger partial charge in [0.1, 0.15) is 11.5 Å². The van der Waals surface area contributed by atoms with Crippen molar-refractivity contribution in [1.29, 1.82) is 0 Å². The molecule has 0 atom stereocenters. The van der Waals surface area contributed by atoms with E-state index in [0.717, 1.165) is 17.9 Å². The van der Waals surface area contributed by atoms with Gasteiger partial charge in [0.05, 0.1) is 11.4 Å². The summed E-state index contributed by atoms with van der Waals surface area (Å²) in [5.74, 6) is 1.35. The number of benzene rings is 2. The molecule has 0 aliphatic carbocycles. The molecule has 0 unspecified atom stereocenters. The average molecular weight is 411 g/mol. The fourth-order valence-electron chi connectivity index (χ4n) is 3.40. The van der Waals surface area contributed by atoms with Crippen LogP contribution < -0.4 is 5.14 Å². The van der Waals surface area contributed by atoms with E-state index in [-0.39, 0.29) is 10.8 Å². The number of primary sulfonamides is 1. The standard InChI is InChI=1S/C21H21N3O4S/c22-29(26,27)17-9-7-16(8-10-17)21(25)24-13-12-19-18(14-24)23-20(28-19)11-6-15-4-2-1-3-5-15/h1-5,7-10H,6,11-14H2,(H2,22,26,27). The van der Waals surface area contributed by atoms with Crippen molar-refractivity contribution in [3.05, 3.63) is 83.1 Å². The van der Waals surface area contributed by atoms with Gasteiger partial charge in [0.2, 0.25) is 10.0 Å². The Bertz CT molecular complexity index is 1120. The molecule has 1 amide bonds. The lowest BCUT2D eigenvalue weighted by Gasteiger charge is -2.25. The first-order chi connectivity index (χ1) is 13.9. The minimum atomic E-state index is -3.78. The molecular formula is C21H21N3O4S. The number of fused-ring (bicyclic) bond motifs is 1. The average Bonchev–Trinajstić information content (AvgIpc) is 3.14. The fraction of sp³-hybridized carbons (Fsp3) is 0.238. The number of hydrogen-bond donors (Lipinski definition) is 1. The Morgan fingerprint density at radius 1 is 1.07 bits per heavy atom. The molecule has 1 aliphatic heterocycles. The number of nitrogens with two attached hydrogens (primary N) is 1. The van der Waals surface area contributed by atoms with E-state index in [9.17, 15) is 13.2 Å². The number of aromatic nitrogens is 1. The molecule has 1 aliphatic rings. The number of sulfonamides is 1. The third-order valence-corrected chi connectivity index (χ3v) is 5.89. The molecule has 7 nitrogen and oxygen atoms in total. The number of rotatable bonds is 5. The van der Waals surface area contributed by atoms with E-state index in [1.807, 2.05) is 18.2 Å². The maximum atomic E-state index is 12.8. The monoisotopic (exact) mass is 411 g/mol. The van der Waals surface area contributed by atoms with Gasteiger partial charge in [0, 0.05) is 24.9 Å². The topological polar surface area (TPSA) is 106 Å². The number of amides is 1. The summed E-state index contributed by atoms with van der Waals surface area (Å²) in [5, 5.41) is 5.10. The minimum absolute atomic E-state index is 0.0189. The molecule has 0 bridgehead atoms. The van der Waals surface area contributed by atoms with Crippen LogP contribution in [-0.2, 0) is 35.8 Å². The van der Waals surface area contributed by atoms with Gasteiger partial charge in [-0.1, -0.05) is 30.3 Å². The summed E-state index contributed by atoms with van der Waals surface area (Å²) in [6.45, 7) is 0.899. The molecule has 0 fully saturated rings. The number of aryl methyl sites for hydroxylation is 2. The summed E-state index contributed by atoms with van der Waals surface area (Å²) in [6, 6.07) is 15.8. The lowest BCUT2D eigenvalue weighted by atomic mass is 10.1. The Hall–Kier alpha value is -2.97. The van der Waals surface area contributed by atoms with Gasteiger partial charge in [0.25, 0.3) is 5.91 Å². The molecule has 2 aromatic carbocycles. The van der Waals surface area contributed by atoms with Crippen LogP contribution >= 0.6 is 0 Å². The van der Waals surface area contributed by atoms with Crippen molar-refractivity contribution in [1.82, 2.24) is 9.88 Å². The van der Waals surface area contributed by atoms with Crippen molar-refractivity contribution in [3.8, 4) is 0 Å². The summed E-state index contributed by atoms with van der Waals surface area (Å²) in [5.41, 5.74) is 2.42. The van der Waals surface area contributed by atoms with Crippen LogP contribution in [0.25, 0.3) is 0 Å². The predicted octanol–water partition coefficient (Wildman–Crippen LogP) is 2.31. The maximum absolute atomic E-state index is 12.8. The van der Waals surface area contributed by atoms with Crippen molar-refractivity contribution < 1.29 is 17.6 Å². The second-order valence-corrected chi connectivity index (χ2v) is 8.57. The Balaban J connectivity index is 1.43. The van der Waals surface area contributed by atoms with E-state index in [0.29, 0.717) is 37.4 Å². The summed E-state index contributed by atoms with van der Waals surface area (Å²) in [4.78, 5) is 19.0. The molecule has 2 N–H and O–H groups in total. The van der Waals surface area contributed by atoms with E-state index in [1.165, 1.54) is 29.8 Å². The molecule has 1 aromatic heterocycles. The molecular weight excluding hydrogens is 390 g/mol. The highest BCUT2D eigenvalue weighted by Gasteiger charge is 2.26. The molecule has 4 rings (SSSR count). The molecule has 2 heterocycles. The molecule has 0 saturated carbocycles. The van der Waals surface area contributed by atoms with Crippen LogP contribution in [0.3, 0.4) is 0 Å². The molecule has 0 spiro atoms. The van der Waals surface area contributed by atoms with Crippen molar-refractivity contribution >= 4 is 15.9 Å². The third-order valence-electron chi connectivity index (χ3n) is 4.96. The smallest absolute Gasteiger partial charge is 0.254 e. The van der Waals surface area contributed by atoms with Gasteiger partial charge in [-0.2, -0.15) is 0 Å². The number of carbonyl (C=O) groups is 1. The molecule has 3 aromatic rings. The van der Waals surface area contributed by atoms with Gasteiger partial charge in [-0.25, -0.2) is 18.5 Å². The predicted molar refractivity (Wildman–Crippen MR) is 107 cm³/mol. The first-order valence-corrected chi connectivity index (χ1v) is 10.9. The summed E-state index contributed by atoms with van der Waals surface area (Å²) < 4.78 is 28.6. The Morgan fingerprint density at radius 2 is 1.79 bits per heavy atom. The molecule has 0 saturated heterocycles. The number of carbonyl (C=O) groups excluding carboxylic acids is 1. The van der Waals surface area contributed by atoms with Crippen molar-refractivity contribution in [3.63, 3.8) is 0 Å². The van der Waals surface area contributed by atoms with Crippen molar-refractivity contribution in [2.45, 2.75) is 30.7 Å². The number of hydrogen-bond acceptors (Lipinski definition) is 5. The first-order valence-electron chi connectivity index (χ1n) is 9.34. The van der Waals surface area contributed by atoms with Crippen LogP contribution in [-0.4, -0.2) is 30.8 Å². The lowest BCUT2D eigenvalue weighted by molar-refractivity contribution is 0.0727. The van der Waals surface area contributed by atoms with E-state index in [4.69, 9.17) is 9.56 Å². The number of nitrogens with zero attached hydrogens (tertiary/aromatic N) is 2. The highest BCUT2D eigenvalue weighted by atomic mass is 32.2. The first kappa shape index (κ1) is 19.4. The van der Waals surface area contributed by atoms with Crippen molar-refractivity contribution in [2.75, 3.05) is 6.54 Å². The highest BCUT2D eigenvalue weighted by molar-refractivity contribution is 7.89. The van der Waals surface area contributed by atoms with Crippen LogP contribution in [0, 0.1) is 0 Å². The van der Waals surface area contributed by atoms with Crippen LogP contribution in [0.15, 0.2) is 63.9 Å². The van der Waals surface area contributed by atoms with Gasteiger partial charge in [-0.05, 0) is 36.2 Å². The second kappa shape index (κ2) is 7.81. The third kappa shape index (κ3) is 4.38. The second-order valence-electron chi connectivity index (χ2n) is 7.01. The van der Waals surface area contributed by atoms with Gasteiger partial charge < -0.3 is 9.32 Å². The maximum Gasteiger partial charge on any atom is 0.254 e. The molecule has 8 heteroatoms. The van der Waals surface area contributed by atoms with Crippen LogP contribution in [0.1, 0.15) is 33.3 Å². The number of oxazole rings is 1. The zero-order valence-corrected chi connectivity index (χ0v) is 16.6. The fourth-order valence-corrected chi connectivity index (χ4v) is 3.91. The van der Waals surface area contributed by atoms with E-state index >= 15 is 0 Å². The summed E-state index contributed by atoms with van der Waals surface area (Å²) in [7, 11) is -3.78. The Labute approximate surface area is 169 Å². The largest absolute Gasteiger partial charge is 0.445 e. The highest BCUT2D eigenvalue weighted by Crippen LogP contribution is 2.22. The summed E-state index contributed by atoms with van der Waals surface area (Å²) >= 11 is 0. The van der Waals surface area contributed by atoms with Crippen LogP contribution in [0.5, 0.6) is 0 Å². The van der Waals surface area contributed by atoms with E-state index < -0.39 is 10.0 Å². The Morgan fingerprint density at radius 3 is 2.48 bits per heavy atom. The molecule has 150 valence electrons. The van der Waals surface area contributed by atoms with Gasteiger partial charge >= 0.3 is 0 Å². The Kier molecular flexibility index (Phi) is 5.21. The lowest BCUT2D eigenvalue weighted by Crippen LogP contribution is -2.35. The van der Waals surface area contributed by atoms with Crippen molar-refractivity contribution in [2.24, 2.45) is 5.14 Å². The normalized spacial score (nSPS) is 13.9. The van der Waals surface area contributed by atoms with E-state index in [2.05, 4.69) is 17.1 Å². The minimum Gasteiger partial charge on any atom is -0.445 e. The zero-order chi connectivity index (χ0) is 20.4. The SMILES string of the molecule is NS(=O)(=O)c1ccc(C(=O)N2CCc3oc(CCc4ccccc4)nc3C2)cc1. The quantitative estimate of drug-likeness (QED) is 0.693. The van der Waals surface area contributed by atoms with Gasteiger partial charge in [-0.3, -0.25) is 4.79 Å².